The molecule has 150 valence electrons. The minimum Gasteiger partial charge on any atom is -0.465 e. The van der Waals surface area contributed by atoms with Crippen molar-refractivity contribution in [2.24, 2.45) is 0 Å². The third-order valence-electron chi connectivity index (χ3n) is 5.07. The van der Waals surface area contributed by atoms with Crippen molar-refractivity contribution < 1.29 is 14.3 Å². The van der Waals surface area contributed by atoms with E-state index in [2.05, 4.69) is 15.2 Å². The van der Waals surface area contributed by atoms with Crippen LogP contribution < -0.4 is 5.32 Å². The lowest BCUT2D eigenvalue weighted by atomic mass is 10.0. The monoisotopic (exact) mass is 409 g/mol. The maximum absolute atomic E-state index is 13.1. The minimum absolute atomic E-state index is 0.201. The highest BCUT2D eigenvalue weighted by atomic mass is 32.2. The van der Waals surface area contributed by atoms with E-state index in [-0.39, 0.29) is 5.91 Å². The topological polar surface area (TPSA) is 74.4 Å². The van der Waals surface area contributed by atoms with Gasteiger partial charge in [0.1, 0.15) is 0 Å². The highest BCUT2D eigenvalue weighted by Crippen LogP contribution is 2.26. The second-order valence-corrected chi connectivity index (χ2v) is 8.18. The number of H-pyrrole nitrogens is 1. The summed E-state index contributed by atoms with van der Waals surface area (Å²) in [6.07, 6.45) is 2.00. The molecule has 7 heteroatoms. The van der Waals surface area contributed by atoms with Crippen molar-refractivity contribution in [2.45, 2.75) is 6.54 Å². The summed E-state index contributed by atoms with van der Waals surface area (Å²) in [5.41, 5.74) is 3.64. The number of carbonyl (C=O) groups excluding carboxylic acids is 2. The molecule has 0 spiro atoms. The first-order chi connectivity index (χ1) is 14.2. The van der Waals surface area contributed by atoms with Gasteiger partial charge in [0.2, 0.25) is 0 Å². The molecular formula is C22H23N3O3S. The standard InChI is InChI=1S/C22H23N3O3S/c1-28-22(27)15-4-2-5-17(12-15)24-21(26)18-6-3-7-19-20(18)16(13-23-19)14-25-8-10-29-11-9-25/h2-7,12-13,23H,8-11,14H2,1H3,(H,24,26). The first-order valence-electron chi connectivity index (χ1n) is 9.54. The predicted molar refractivity (Wildman–Crippen MR) is 117 cm³/mol. The van der Waals surface area contributed by atoms with Gasteiger partial charge in [-0.3, -0.25) is 9.69 Å². The summed E-state index contributed by atoms with van der Waals surface area (Å²) in [6.45, 7) is 2.95. The van der Waals surface area contributed by atoms with Crippen LogP contribution in [0.25, 0.3) is 10.9 Å². The van der Waals surface area contributed by atoms with Crippen LogP contribution in [0.1, 0.15) is 26.3 Å². The first-order valence-corrected chi connectivity index (χ1v) is 10.7. The number of fused-ring (bicyclic) bond motifs is 1. The molecule has 1 aliphatic rings. The van der Waals surface area contributed by atoms with Gasteiger partial charge in [-0.05, 0) is 35.9 Å². The van der Waals surface area contributed by atoms with E-state index in [1.807, 2.05) is 36.2 Å². The van der Waals surface area contributed by atoms with Gasteiger partial charge in [-0.15, -0.1) is 0 Å². The van der Waals surface area contributed by atoms with E-state index >= 15 is 0 Å². The maximum atomic E-state index is 13.1. The predicted octanol–water partition coefficient (Wildman–Crippen LogP) is 3.76. The molecule has 29 heavy (non-hydrogen) atoms. The summed E-state index contributed by atoms with van der Waals surface area (Å²) in [4.78, 5) is 30.5. The number of nitrogens with zero attached hydrogens (tertiary/aromatic N) is 1. The van der Waals surface area contributed by atoms with Crippen LogP contribution in [0.5, 0.6) is 0 Å². The molecule has 1 amide bonds. The van der Waals surface area contributed by atoms with Crippen LogP contribution in [0.2, 0.25) is 0 Å². The Bertz CT molecular complexity index is 1040. The number of aromatic nitrogens is 1. The van der Waals surface area contributed by atoms with Gasteiger partial charge in [-0.1, -0.05) is 12.1 Å². The summed E-state index contributed by atoms with van der Waals surface area (Å²) in [5, 5.41) is 3.86. The van der Waals surface area contributed by atoms with Crippen molar-refractivity contribution >= 4 is 40.2 Å². The molecule has 0 radical (unpaired) electrons. The molecule has 3 aromatic rings. The largest absolute Gasteiger partial charge is 0.465 e. The number of hydrogen-bond acceptors (Lipinski definition) is 5. The number of methoxy groups -OCH3 is 1. The zero-order valence-corrected chi connectivity index (χ0v) is 17.1. The molecule has 0 bridgehead atoms. The lowest BCUT2D eigenvalue weighted by Crippen LogP contribution is -2.31. The van der Waals surface area contributed by atoms with Crippen LogP contribution in [0.15, 0.2) is 48.7 Å². The van der Waals surface area contributed by atoms with E-state index in [1.54, 1.807) is 24.3 Å². The summed E-state index contributed by atoms with van der Waals surface area (Å²) >= 11 is 1.98. The van der Waals surface area contributed by atoms with Gasteiger partial charge >= 0.3 is 5.97 Å². The minimum atomic E-state index is -0.434. The lowest BCUT2D eigenvalue weighted by molar-refractivity contribution is 0.0600. The number of thioether (sulfide) groups is 1. The SMILES string of the molecule is COC(=O)c1cccc(NC(=O)c2cccc3[nH]cc(CN4CCSCC4)c23)c1. The van der Waals surface area contributed by atoms with E-state index < -0.39 is 5.97 Å². The molecular weight excluding hydrogens is 386 g/mol. The second-order valence-electron chi connectivity index (χ2n) is 6.96. The molecule has 1 fully saturated rings. The van der Waals surface area contributed by atoms with E-state index in [4.69, 9.17) is 4.74 Å². The van der Waals surface area contributed by atoms with Crippen molar-refractivity contribution in [3.05, 3.63) is 65.4 Å². The Kier molecular flexibility index (Phi) is 5.87. The van der Waals surface area contributed by atoms with Gasteiger partial charge in [0.15, 0.2) is 0 Å². The van der Waals surface area contributed by atoms with Gasteiger partial charge in [-0.2, -0.15) is 11.8 Å². The quantitative estimate of drug-likeness (QED) is 0.628. The molecule has 4 rings (SSSR count). The number of nitrogens with one attached hydrogen (secondary N) is 2. The number of aromatic amines is 1. The zero-order valence-electron chi connectivity index (χ0n) is 16.2. The van der Waals surface area contributed by atoms with Crippen molar-refractivity contribution in [3.8, 4) is 0 Å². The number of hydrogen-bond donors (Lipinski definition) is 2. The van der Waals surface area contributed by atoms with Crippen LogP contribution in [-0.4, -0.2) is 53.5 Å². The van der Waals surface area contributed by atoms with Crippen molar-refractivity contribution in [3.63, 3.8) is 0 Å². The van der Waals surface area contributed by atoms with Crippen molar-refractivity contribution in [1.82, 2.24) is 9.88 Å². The average Bonchev–Trinajstić information content (AvgIpc) is 3.17. The van der Waals surface area contributed by atoms with E-state index in [9.17, 15) is 9.59 Å². The smallest absolute Gasteiger partial charge is 0.337 e. The molecule has 1 saturated heterocycles. The molecule has 1 aliphatic heterocycles. The Balaban J connectivity index is 1.60. The fraction of sp³-hybridized carbons (Fsp3) is 0.273. The summed E-state index contributed by atoms with van der Waals surface area (Å²) in [7, 11) is 1.34. The van der Waals surface area contributed by atoms with Gasteiger partial charge in [-0.25, -0.2) is 4.79 Å². The third kappa shape index (κ3) is 4.31. The molecule has 0 saturated carbocycles. The number of ether oxygens (including phenoxy) is 1. The lowest BCUT2D eigenvalue weighted by Gasteiger charge is -2.26. The number of benzene rings is 2. The van der Waals surface area contributed by atoms with Crippen LogP contribution in [-0.2, 0) is 11.3 Å². The molecule has 0 unspecified atom stereocenters. The maximum Gasteiger partial charge on any atom is 0.337 e. The highest BCUT2D eigenvalue weighted by Gasteiger charge is 2.18. The van der Waals surface area contributed by atoms with Crippen molar-refractivity contribution in [2.75, 3.05) is 37.0 Å². The van der Waals surface area contributed by atoms with Crippen LogP contribution in [0, 0.1) is 0 Å². The van der Waals surface area contributed by atoms with Crippen LogP contribution in [0.3, 0.4) is 0 Å². The highest BCUT2D eigenvalue weighted by molar-refractivity contribution is 7.99. The number of carbonyl (C=O) groups is 2. The van der Waals surface area contributed by atoms with Gasteiger partial charge in [0.25, 0.3) is 5.91 Å². The Morgan fingerprint density at radius 3 is 2.76 bits per heavy atom. The summed E-state index contributed by atoms with van der Waals surface area (Å²) in [5.74, 6) is 1.65. The number of anilines is 1. The van der Waals surface area contributed by atoms with Crippen LogP contribution in [0.4, 0.5) is 5.69 Å². The Morgan fingerprint density at radius 1 is 1.17 bits per heavy atom. The van der Waals surface area contributed by atoms with Gasteiger partial charge in [0.05, 0.1) is 12.7 Å². The molecule has 2 heterocycles. The average molecular weight is 410 g/mol. The second kappa shape index (κ2) is 8.71. The third-order valence-corrected chi connectivity index (χ3v) is 6.01. The zero-order chi connectivity index (χ0) is 20.2. The van der Waals surface area contributed by atoms with Gasteiger partial charge in [0, 0.05) is 59.5 Å². The molecule has 6 nitrogen and oxygen atoms in total. The Morgan fingerprint density at radius 2 is 1.97 bits per heavy atom. The van der Waals surface area contributed by atoms with E-state index in [0.717, 1.165) is 47.6 Å². The molecule has 2 N–H and O–H groups in total. The number of rotatable bonds is 5. The fourth-order valence-corrected chi connectivity index (χ4v) is 4.59. The summed E-state index contributed by atoms with van der Waals surface area (Å²) < 4.78 is 4.75. The van der Waals surface area contributed by atoms with E-state index in [0.29, 0.717) is 16.8 Å². The fourth-order valence-electron chi connectivity index (χ4n) is 3.61. The molecule has 0 atom stereocenters. The first kappa shape index (κ1) is 19.5. The van der Waals surface area contributed by atoms with Crippen molar-refractivity contribution in [1.29, 1.82) is 0 Å². The Hall–Kier alpha value is -2.77. The molecule has 0 aliphatic carbocycles. The molecule has 1 aromatic heterocycles. The number of amides is 1. The normalized spacial score (nSPS) is 14.7. The van der Waals surface area contributed by atoms with Crippen LogP contribution >= 0.6 is 11.8 Å². The number of esters is 1. The Labute approximate surface area is 173 Å². The van der Waals surface area contributed by atoms with E-state index in [1.165, 1.54) is 7.11 Å². The summed E-state index contributed by atoms with van der Waals surface area (Å²) in [6, 6.07) is 12.5. The van der Waals surface area contributed by atoms with Gasteiger partial charge < -0.3 is 15.0 Å². The molecule has 2 aromatic carbocycles.